The van der Waals surface area contributed by atoms with Crippen LogP contribution in [0, 0.1) is 11.8 Å². The zero-order chi connectivity index (χ0) is 20.7. The van der Waals surface area contributed by atoms with Gasteiger partial charge >= 0.3 is 5.97 Å². The molecule has 31 heavy (non-hydrogen) atoms. The van der Waals surface area contributed by atoms with Crippen LogP contribution in [0.1, 0.15) is 22.0 Å². The highest BCUT2D eigenvalue weighted by Crippen LogP contribution is 2.46. The number of carbonyl (C=O) groups excluding carboxylic acids is 1. The first-order chi connectivity index (χ1) is 14.7. The van der Waals surface area contributed by atoms with Gasteiger partial charge in [0.2, 0.25) is 0 Å². The van der Waals surface area contributed by atoms with E-state index in [0.29, 0.717) is 35.0 Å². The van der Waals surface area contributed by atoms with Crippen LogP contribution in [0.5, 0.6) is 0 Å². The lowest BCUT2D eigenvalue weighted by Crippen LogP contribution is -2.30. The molecule has 0 saturated carbocycles. The molecule has 0 radical (unpaired) electrons. The number of carbonyl (C=O) groups is 1. The normalized spacial score (nSPS) is 22.8. The fraction of sp³-hybridized carbons (Fsp3) is 0.333. The third kappa shape index (κ3) is 3.70. The highest BCUT2D eigenvalue weighted by molar-refractivity contribution is 6.00. The summed E-state index contributed by atoms with van der Waals surface area (Å²) in [6, 6.07) is 20.6. The summed E-state index contributed by atoms with van der Waals surface area (Å²) in [5, 5.41) is 4.32. The van der Waals surface area contributed by atoms with E-state index in [0.717, 1.165) is 25.2 Å². The second kappa shape index (κ2) is 8.73. The number of esters is 1. The number of hydrogen-bond donors (Lipinski definition) is 0. The van der Waals surface area contributed by atoms with Gasteiger partial charge in [0, 0.05) is 37.2 Å². The molecule has 1 aromatic heterocycles. The van der Waals surface area contributed by atoms with Gasteiger partial charge in [-0.05, 0) is 18.5 Å². The zero-order valence-electron chi connectivity index (χ0n) is 17.6. The Morgan fingerprint density at radius 3 is 2.39 bits per heavy atom. The summed E-state index contributed by atoms with van der Waals surface area (Å²) < 4.78 is 10.8. The molecule has 2 fully saturated rings. The van der Waals surface area contributed by atoms with E-state index in [1.54, 1.807) is 0 Å². The lowest BCUT2D eigenvalue weighted by atomic mass is 9.90. The number of hydrogen-bond acceptors (Lipinski definition) is 6. The van der Waals surface area contributed by atoms with E-state index in [1.165, 1.54) is 12.7 Å². The van der Waals surface area contributed by atoms with E-state index >= 15 is 0 Å². The summed E-state index contributed by atoms with van der Waals surface area (Å²) in [6.45, 7) is 2.71. The second-order valence-corrected chi connectivity index (χ2v) is 8.19. The largest absolute Gasteiger partial charge is 0.465 e. The summed E-state index contributed by atoms with van der Waals surface area (Å²) in [6.07, 6.45) is 0. The van der Waals surface area contributed by atoms with Gasteiger partial charge in [0.1, 0.15) is 0 Å². The van der Waals surface area contributed by atoms with E-state index < -0.39 is 5.97 Å². The van der Waals surface area contributed by atoms with E-state index in [-0.39, 0.29) is 12.4 Å². The summed E-state index contributed by atoms with van der Waals surface area (Å²) in [4.78, 5) is 17.3. The Kier molecular flexibility index (Phi) is 6.03. The lowest BCUT2D eigenvalue weighted by Gasteiger charge is -2.27. The van der Waals surface area contributed by atoms with E-state index in [2.05, 4.69) is 52.3 Å². The highest BCUT2D eigenvalue weighted by Gasteiger charge is 2.47. The van der Waals surface area contributed by atoms with Crippen molar-refractivity contribution in [3.63, 3.8) is 0 Å². The van der Waals surface area contributed by atoms with Crippen LogP contribution in [-0.4, -0.2) is 49.8 Å². The predicted molar refractivity (Wildman–Crippen MR) is 122 cm³/mol. The molecule has 0 aliphatic carbocycles. The Hall–Kier alpha value is -2.83. The molecular weight excluding hydrogens is 414 g/mol. The number of fused-ring (bicyclic) bond motifs is 1. The first-order valence-electron chi connectivity index (χ1n) is 10.3. The molecular formula is C24H26ClN3O3. The smallest absolute Gasteiger partial charge is 0.345 e. The molecule has 6 nitrogen and oxygen atoms in total. The van der Waals surface area contributed by atoms with E-state index in [1.807, 2.05) is 30.3 Å². The molecule has 2 aromatic carbocycles. The van der Waals surface area contributed by atoms with Crippen LogP contribution in [0.4, 0.5) is 5.82 Å². The van der Waals surface area contributed by atoms with Crippen LogP contribution in [0.15, 0.2) is 65.2 Å². The summed E-state index contributed by atoms with van der Waals surface area (Å²) in [5.74, 6) is 1.62. The molecule has 0 amide bonds. The quantitative estimate of drug-likeness (QED) is 0.565. The molecule has 3 heterocycles. The number of aromatic nitrogens is 1. The number of likely N-dealkylation sites (tertiary alicyclic amines) is 1. The van der Waals surface area contributed by atoms with Crippen molar-refractivity contribution in [3.05, 3.63) is 71.8 Å². The molecule has 0 N–H and O–H groups in total. The van der Waals surface area contributed by atoms with Crippen LogP contribution in [0.25, 0.3) is 11.3 Å². The number of rotatable bonds is 4. The van der Waals surface area contributed by atoms with Gasteiger partial charge in [-0.15, -0.1) is 12.4 Å². The van der Waals surface area contributed by atoms with E-state index in [4.69, 9.17) is 9.26 Å². The van der Waals surface area contributed by atoms with Crippen molar-refractivity contribution < 1.29 is 14.1 Å². The molecule has 3 atom stereocenters. The number of benzene rings is 2. The standard InChI is InChI=1S/C24H25N3O3.ClH/c1-26-13-18-14-27(15-19(18)21(26)16-9-5-3-6-10-16)23-20(24(28)29-2)22(30-25-23)17-11-7-4-8-12-17;/h3-12,18-19,21H,13-15H2,1-2H3;1H/t18-,19+,21-;/m0./s1. The predicted octanol–water partition coefficient (Wildman–Crippen LogP) is 4.29. The van der Waals surface area contributed by atoms with Gasteiger partial charge in [0.25, 0.3) is 0 Å². The Morgan fingerprint density at radius 1 is 1.03 bits per heavy atom. The maximum absolute atomic E-state index is 12.7. The van der Waals surface area contributed by atoms with Crippen LogP contribution in [0.3, 0.4) is 0 Å². The summed E-state index contributed by atoms with van der Waals surface area (Å²) in [7, 11) is 3.59. The Morgan fingerprint density at radius 2 is 1.71 bits per heavy atom. The van der Waals surface area contributed by atoms with Crippen LogP contribution in [-0.2, 0) is 4.74 Å². The molecule has 2 aliphatic rings. The minimum absolute atomic E-state index is 0. The van der Waals surface area contributed by atoms with Crippen LogP contribution >= 0.6 is 12.4 Å². The van der Waals surface area contributed by atoms with Crippen molar-refractivity contribution in [2.45, 2.75) is 6.04 Å². The summed E-state index contributed by atoms with van der Waals surface area (Å²) >= 11 is 0. The number of ether oxygens (including phenoxy) is 1. The molecule has 3 aromatic rings. The van der Waals surface area contributed by atoms with Crippen molar-refractivity contribution in [2.75, 3.05) is 38.7 Å². The fourth-order valence-corrected chi connectivity index (χ4v) is 5.15. The Labute approximate surface area is 188 Å². The first kappa shape index (κ1) is 21.4. The molecule has 162 valence electrons. The van der Waals surface area contributed by atoms with Crippen LogP contribution < -0.4 is 4.90 Å². The third-order valence-electron chi connectivity index (χ3n) is 6.43. The Balaban J connectivity index is 0.00000231. The average molecular weight is 440 g/mol. The maximum Gasteiger partial charge on any atom is 0.345 e. The molecule has 2 saturated heterocycles. The van der Waals surface area contributed by atoms with Gasteiger partial charge < -0.3 is 14.2 Å². The summed E-state index contributed by atoms with van der Waals surface area (Å²) in [5.41, 5.74) is 2.57. The van der Waals surface area contributed by atoms with Gasteiger partial charge in [-0.2, -0.15) is 0 Å². The number of halogens is 1. The fourth-order valence-electron chi connectivity index (χ4n) is 5.15. The lowest BCUT2D eigenvalue weighted by molar-refractivity contribution is 0.0601. The number of anilines is 1. The van der Waals surface area contributed by atoms with Crippen molar-refractivity contribution in [2.24, 2.45) is 11.8 Å². The first-order valence-corrected chi connectivity index (χ1v) is 10.3. The van der Waals surface area contributed by atoms with Gasteiger partial charge in [-0.25, -0.2) is 4.79 Å². The van der Waals surface area contributed by atoms with Crippen LogP contribution in [0.2, 0.25) is 0 Å². The van der Waals surface area contributed by atoms with Crippen molar-refractivity contribution in [1.82, 2.24) is 10.1 Å². The van der Waals surface area contributed by atoms with Gasteiger partial charge in [-0.1, -0.05) is 65.8 Å². The minimum Gasteiger partial charge on any atom is -0.465 e. The molecule has 5 rings (SSSR count). The van der Waals surface area contributed by atoms with Crippen molar-refractivity contribution in [3.8, 4) is 11.3 Å². The van der Waals surface area contributed by atoms with Gasteiger partial charge in [0.15, 0.2) is 17.1 Å². The monoisotopic (exact) mass is 439 g/mol. The number of methoxy groups -OCH3 is 1. The third-order valence-corrected chi connectivity index (χ3v) is 6.43. The molecule has 7 heteroatoms. The molecule has 0 unspecified atom stereocenters. The van der Waals surface area contributed by atoms with Crippen molar-refractivity contribution >= 4 is 24.2 Å². The minimum atomic E-state index is -0.418. The maximum atomic E-state index is 12.7. The zero-order valence-corrected chi connectivity index (χ0v) is 18.4. The Bertz CT molecular complexity index is 1040. The molecule has 2 aliphatic heterocycles. The SMILES string of the molecule is COC(=O)c1c(N2C[C@@H]3CN(C)[C@@H](c4ccccc4)[C@@H]3C2)noc1-c1ccccc1.Cl. The van der Waals surface area contributed by atoms with Gasteiger partial charge in [0.05, 0.1) is 7.11 Å². The molecule has 0 bridgehead atoms. The highest BCUT2D eigenvalue weighted by atomic mass is 35.5. The van der Waals surface area contributed by atoms with Gasteiger partial charge in [-0.3, -0.25) is 4.90 Å². The molecule has 0 spiro atoms. The topological polar surface area (TPSA) is 58.8 Å². The average Bonchev–Trinajstić information content (AvgIpc) is 3.46. The van der Waals surface area contributed by atoms with Crippen molar-refractivity contribution in [1.29, 1.82) is 0 Å². The number of nitrogens with zero attached hydrogens (tertiary/aromatic N) is 3. The second-order valence-electron chi connectivity index (χ2n) is 8.19. The van der Waals surface area contributed by atoms with E-state index in [9.17, 15) is 4.79 Å².